The lowest BCUT2D eigenvalue weighted by Crippen LogP contribution is -2.44. The van der Waals surface area contributed by atoms with Crippen LogP contribution < -0.4 is 0 Å². The first kappa shape index (κ1) is 18.4. The Labute approximate surface area is 152 Å². The molecule has 0 aliphatic carbocycles. The van der Waals surface area contributed by atoms with Gasteiger partial charge in [-0.2, -0.15) is 0 Å². The molecule has 3 rings (SSSR count). The van der Waals surface area contributed by atoms with Crippen LogP contribution in [0.2, 0.25) is 0 Å². The van der Waals surface area contributed by atoms with Crippen LogP contribution in [-0.2, 0) is 6.54 Å². The van der Waals surface area contributed by atoms with E-state index in [9.17, 15) is 14.3 Å². The molecule has 0 spiro atoms. The minimum atomic E-state index is -0.964. The van der Waals surface area contributed by atoms with Crippen molar-refractivity contribution in [2.75, 3.05) is 26.7 Å². The van der Waals surface area contributed by atoms with Crippen molar-refractivity contribution in [1.82, 2.24) is 19.8 Å². The molecule has 7 heteroatoms. The normalized spacial score (nSPS) is 20.0. The average Bonchev–Trinajstić information content (AvgIpc) is 2.98. The van der Waals surface area contributed by atoms with Gasteiger partial charge in [-0.15, -0.1) is 0 Å². The standard InChI is InChI=1S/C19H23FN4O2/c1-14-17(9-21-13-22-14)18(25)24-8-7-19(26,12-24)11-23(2)10-15-3-5-16(20)6-4-15/h3-6,9,13,26H,7-8,10-12H2,1-2H3/t19-/m1/s1. The highest BCUT2D eigenvalue weighted by atomic mass is 19.1. The van der Waals surface area contributed by atoms with Crippen LogP contribution in [0, 0.1) is 12.7 Å². The predicted octanol–water partition coefficient (Wildman–Crippen LogP) is 1.63. The molecule has 1 saturated heterocycles. The molecule has 1 aromatic carbocycles. The van der Waals surface area contributed by atoms with Gasteiger partial charge in [0.15, 0.2) is 0 Å². The topological polar surface area (TPSA) is 69.6 Å². The summed E-state index contributed by atoms with van der Waals surface area (Å²) in [4.78, 5) is 24.3. The molecule has 0 bridgehead atoms. The Morgan fingerprint density at radius 2 is 2.12 bits per heavy atom. The molecule has 2 heterocycles. The van der Waals surface area contributed by atoms with Crippen LogP contribution in [-0.4, -0.2) is 63.1 Å². The average molecular weight is 358 g/mol. The molecule has 1 atom stereocenters. The lowest BCUT2D eigenvalue weighted by Gasteiger charge is -2.29. The van der Waals surface area contributed by atoms with Gasteiger partial charge in [0.2, 0.25) is 0 Å². The number of aryl methyl sites for hydroxylation is 1. The lowest BCUT2D eigenvalue weighted by molar-refractivity contribution is 0.0163. The Hall–Kier alpha value is -2.38. The zero-order chi connectivity index (χ0) is 18.7. The molecule has 1 aliphatic rings. The van der Waals surface area contributed by atoms with Crippen LogP contribution in [0.1, 0.15) is 28.0 Å². The maximum atomic E-state index is 13.0. The van der Waals surface area contributed by atoms with Gasteiger partial charge in [0, 0.05) is 25.8 Å². The van der Waals surface area contributed by atoms with E-state index < -0.39 is 5.60 Å². The molecule has 1 fully saturated rings. The van der Waals surface area contributed by atoms with Gasteiger partial charge in [0.05, 0.1) is 23.4 Å². The molecule has 1 aliphatic heterocycles. The smallest absolute Gasteiger partial charge is 0.257 e. The molecule has 26 heavy (non-hydrogen) atoms. The molecule has 0 radical (unpaired) electrons. The van der Waals surface area contributed by atoms with Gasteiger partial charge in [0.25, 0.3) is 5.91 Å². The number of carbonyl (C=O) groups is 1. The number of likely N-dealkylation sites (N-methyl/N-ethyl adjacent to an activating group) is 1. The van der Waals surface area contributed by atoms with Gasteiger partial charge in [-0.1, -0.05) is 12.1 Å². The van der Waals surface area contributed by atoms with E-state index in [0.29, 0.717) is 37.3 Å². The summed E-state index contributed by atoms with van der Waals surface area (Å²) in [5, 5.41) is 10.9. The summed E-state index contributed by atoms with van der Waals surface area (Å²) in [5.74, 6) is -0.416. The summed E-state index contributed by atoms with van der Waals surface area (Å²) >= 11 is 0. The molecule has 138 valence electrons. The molecule has 0 unspecified atom stereocenters. The van der Waals surface area contributed by atoms with E-state index in [4.69, 9.17) is 0 Å². The van der Waals surface area contributed by atoms with Crippen LogP contribution in [0.15, 0.2) is 36.8 Å². The highest BCUT2D eigenvalue weighted by Gasteiger charge is 2.39. The Morgan fingerprint density at radius 1 is 1.38 bits per heavy atom. The summed E-state index contributed by atoms with van der Waals surface area (Å²) in [5.41, 5.74) is 1.11. The monoisotopic (exact) mass is 358 g/mol. The van der Waals surface area contributed by atoms with E-state index in [0.717, 1.165) is 5.56 Å². The summed E-state index contributed by atoms with van der Waals surface area (Å²) in [6, 6.07) is 6.33. The molecular formula is C19H23FN4O2. The maximum absolute atomic E-state index is 13.0. The van der Waals surface area contributed by atoms with Crippen molar-refractivity contribution in [2.24, 2.45) is 0 Å². The number of rotatable bonds is 5. The van der Waals surface area contributed by atoms with Gasteiger partial charge in [0.1, 0.15) is 12.1 Å². The van der Waals surface area contributed by atoms with Crippen molar-refractivity contribution in [3.63, 3.8) is 0 Å². The van der Waals surface area contributed by atoms with Crippen LogP contribution in [0.5, 0.6) is 0 Å². The van der Waals surface area contributed by atoms with Gasteiger partial charge < -0.3 is 10.0 Å². The van der Waals surface area contributed by atoms with Crippen molar-refractivity contribution in [3.8, 4) is 0 Å². The number of nitrogens with zero attached hydrogens (tertiary/aromatic N) is 4. The van der Waals surface area contributed by atoms with Gasteiger partial charge in [-0.25, -0.2) is 14.4 Å². The fourth-order valence-corrected chi connectivity index (χ4v) is 3.39. The number of β-amino-alcohol motifs (C(OH)–C–C–N with tert-alkyl or cyclic N) is 1. The number of aliphatic hydroxyl groups is 1. The van der Waals surface area contributed by atoms with E-state index >= 15 is 0 Å². The fraction of sp³-hybridized carbons (Fsp3) is 0.421. The van der Waals surface area contributed by atoms with Crippen LogP contribution in [0.4, 0.5) is 4.39 Å². The van der Waals surface area contributed by atoms with Gasteiger partial charge in [-0.05, 0) is 38.1 Å². The first-order valence-corrected chi connectivity index (χ1v) is 8.57. The van der Waals surface area contributed by atoms with Crippen molar-refractivity contribution in [1.29, 1.82) is 0 Å². The Balaban J connectivity index is 1.60. The zero-order valence-corrected chi connectivity index (χ0v) is 15.0. The van der Waals surface area contributed by atoms with Crippen molar-refractivity contribution in [3.05, 3.63) is 59.4 Å². The second-order valence-corrected chi connectivity index (χ2v) is 7.02. The number of hydrogen-bond donors (Lipinski definition) is 1. The van der Waals surface area contributed by atoms with Gasteiger partial charge in [-0.3, -0.25) is 9.69 Å². The molecule has 6 nitrogen and oxygen atoms in total. The summed E-state index contributed by atoms with van der Waals surface area (Å²) < 4.78 is 13.0. The number of carbonyl (C=O) groups excluding carboxylic acids is 1. The largest absolute Gasteiger partial charge is 0.387 e. The van der Waals surface area contributed by atoms with Crippen LogP contribution in [0.25, 0.3) is 0 Å². The highest BCUT2D eigenvalue weighted by molar-refractivity contribution is 5.95. The van der Waals surface area contributed by atoms with Crippen molar-refractivity contribution < 1.29 is 14.3 Å². The van der Waals surface area contributed by atoms with Crippen LogP contribution in [0.3, 0.4) is 0 Å². The molecule has 2 aromatic rings. The number of halogens is 1. The number of aromatic nitrogens is 2. The number of likely N-dealkylation sites (tertiary alicyclic amines) is 1. The summed E-state index contributed by atoms with van der Waals surface area (Å²) in [6.45, 7) is 3.57. The first-order chi connectivity index (χ1) is 12.4. The minimum absolute atomic E-state index is 0.153. The quantitative estimate of drug-likeness (QED) is 0.880. The first-order valence-electron chi connectivity index (χ1n) is 8.57. The van der Waals surface area contributed by atoms with Crippen LogP contribution >= 0.6 is 0 Å². The third-order valence-corrected chi connectivity index (χ3v) is 4.69. The summed E-state index contributed by atoms with van der Waals surface area (Å²) in [7, 11) is 1.90. The Morgan fingerprint density at radius 3 is 2.81 bits per heavy atom. The molecule has 1 amide bonds. The molecule has 0 saturated carbocycles. The van der Waals surface area contributed by atoms with E-state index in [-0.39, 0.29) is 18.3 Å². The second kappa shape index (κ2) is 7.47. The zero-order valence-electron chi connectivity index (χ0n) is 15.0. The fourth-order valence-electron chi connectivity index (χ4n) is 3.39. The third-order valence-electron chi connectivity index (χ3n) is 4.69. The minimum Gasteiger partial charge on any atom is -0.387 e. The highest BCUT2D eigenvalue weighted by Crippen LogP contribution is 2.24. The van der Waals surface area contributed by atoms with Crippen molar-refractivity contribution >= 4 is 5.91 Å². The predicted molar refractivity (Wildman–Crippen MR) is 95.0 cm³/mol. The third kappa shape index (κ3) is 4.23. The van der Waals surface area contributed by atoms with Crippen molar-refractivity contribution in [2.45, 2.75) is 25.5 Å². The molecule has 1 aromatic heterocycles. The molecule has 1 N–H and O–H groups in total. The Bertz CT molecular complexity index is 783. The number of amides is 1. The summed E-state index contributed by atoms with van der Waals surface area (Å²) in [6.07, 6.45) is 3.44. The second-order valence-electron chi connectivity index (χ2n) is 7.02. The lowest BCUT2D eigenvalue weighted by atomic mass is 10.0. The Kier molecular flexibility index (Phi) is 5.29. The van der Waals surface area contributed by atoms with E-state index in [1.165, 1.54) is 24.7 Å². The maximum Gasteiger partial charge on any atom is 0.257 e. The number of benzene rings is 1. The number of hydrogen-bond acceptors (Lipinski definition) is 5. The van der Waals surface area contributed by atoms with E-state index in [1.54, 1.807) is 24.0 Å². The van der Waals surface area contributed by atoms with Gasteiger partial charge >= 0.3 is 0 Å². The van der Waals surface area contributed by atoms with E-state index in [1.807, 2.05) is 11.9 Å². The molecular weight excluding hydrogens is 335 g/mol. The van der Waals surface area contributed by atoms with E-state index in [2.05, 4.69) is 9.97 Å². The SMILES string of the molecule is Cc1ncncc1C(=O)N1CC[C@@](O)(CN(C)Cc2ccc(F)cc2)C1.